The van der Waals surface area contributed by atoms with E-state index < -0.39 is 23.4 Å². The highest BCUT2D eigenvalue weighted by molar-refractivity contribution is 5.67. The number of hydrogen-bond donors (Lipinski definition) is 2. The van der Waals surface area contributed by atoms with Crippen LogP contribution in [0, 0.1) is 5.41 Å². The molecule has 0 aromatic carbocycles. The minimum atomic E-state index is -1.33. The van der Waals surface area contributed by atoms with Crippen LogP contribution >= 0.6 is 0 Å². The molecule has 0 aliphatic heterocycles. The first-order valence-electron chi connectivity index (χ1n) is 5.26. The van der Waals surface area contributed by atoms with Crippen molar-refractivity contribution in [3.63, 3.8) is 0 Å². The lowest BCUT2D eigenvalue weighted by molar-refractivity contribution is -0.242. The molecular formula is C10H18N2O4. The molecule has 6 nitrogen and oxygen atoms in total. The van der Waals surface area contributed by atoms with Crippen LogP contribution in [0.1, 0.15) is 39.5 Å². The van der Waals surface area contributed by atoms with Gasteiger partial charge in [0.1, 0.15) is 0 Å². The van der Waals surface area contributed by atoms with Crippen molar-refractivity contribution in [3.05, 3.63) is 0 Å². The Labute approximate surface area is 94.2 Å². The Morgan fingerprint density at radius 1 is 1.00 bits per heavy atom. The molecule has 1 aliphatic carbocycles. The van der Waals surface area contributed by atoms with Crippen molar-refractivity contribution in [2.75, 3.05) is 0 Å². The molecule has 0 spiro atoms. The Kier molecular flexibility index (Phi) is 3.30. The number of carbonyl (C=O) groups is 2. The van der Waals surface area contributed by atoms with Gasteiger partial charge in [0.15, 0.2) is 0 Å². The van der Waals surface area contributed by atoms with Crippen molar-refractivity contribution >= 4 is 12.2 Å². The second-order valence-corrected chi connectivity index (χ2v) is 4.69. The van der Waals surface area contributed by atoms with Gasteiger partial charge >= 0.3 is 12.2 Å². The van der Waals surface area contributed by atoms with Gasteiger partial charge in [-0.25, -0.2) is 9.59 Å². The van der Waals surface area contributed by atoms with Gasteiger partial charge < -0.3 is 20.9 Å². The second-order valence-electron chi connectivity index (χ2n) is 4.69. The van der Waals surface area contributed by atoms with Crippen molar-refractivity contribution in [1.82, 2.24) is 0 Å². The van der Waals surface area contributed by atoms with Crippen LogP contribution in [0.4, 0.5) is 9.59 Å². The molecule has 0 heterocycles. The van der Waals surface area contributed by atoms with Crippen molar-refractivity contribution in [3.8, 4) is 0 Å². The third kappa shape index (κ3) is 2.37. The molecule has 0 unspecified atom stereocenters. The van der Waals surface area contributed by atoms with Crippen molar-refractivity contribution in [2.45, 2.75) is 45.3 Å². The normalized spacial score (nSPS) is 22.1. The van der Waals surface area contributed by atoms with E-state index in [2.05, 4.69) is 0 Å². The van der Waals surface area contributed by atoms with Gasteiger partial charge in [0, 0.05) is 11.8 Å². The predicted molar refractivity (Wildman–Crippen MR) is 56.3 cm³/mol. The summed E-state index contributed by atoms with van der Waals surface area (Å²) < 4.78 is 10.0. The molecule has 1 rings (SSSR count). The highest BCUT2D eigenvalue weighted by atomic mass is 16.7. The SMILES string of the molecule is CC1(C)CCCCC1(OC(N)=O)OC(N)=O. The van der Waals surface area contributed by atoms with Crippen LogP contribution in [0.25, 0.3) is 0 Å². The fourth-order valence-corrected chi connectivity index (χ4v) is 2.18. The Bertz CT molecular complexity index is 285. The molecule has 0 aromatic heterocycles. The summed E-state index contributed by atoms with van der Waals surface area (Å²) in [6.07, 6.45) is 1.05. The Morgan fingerprint density at radius 3 is 1.81 bits per heavy atom. The Balaban J connectivity index is 2.99. The van der Waals surface area contributed by atoms with Crippen molar-refractivity contribution < 1.29 is 19.1 Å². The topological polar surface area (TPSA) is 105 Å². The summed E-state index contributed by atoms with van der Waals surface area (Å²) in [7, 11) is 0. The first-order chi connectivity index (χ1) is 7.29. The van der Waals surface area contributed by atoms with Crippen LogP contribution in [-0.4, -0.2) is 18.0 Å². The van der Waals surface area contributed by atoms with Crippen LogP contribution in [0.3, 0.4) is 0 Å². The van der Waals surface area contributed by atoms with Gasteiger partial charge in [-0.15, -0.1) is 0 Å². The molecule has 92 valence electrons. The lowest BCUT2D eigenvalue weighted by Gasteiger charge is -2.46. The number of rotatable bonds is 2. The zero-order valence-corrected chi connectivity index (χ0v) is 9.62. The van der Waals surface area contributed by atoms with Gasteiger partial charge in [-0.1, -0.05) is 20.3 Å². The lowest BCUT2D eigenvalue weighted by Crippen LogP contribution is -2.55. The summed E-state index contributed by atoms with van der Waals surface area (Å²) in [5, 5.41) is 0. The zero-order valence-electron chi connectivity index (χ0n) is 9.62. The fraction of sp³-hybridized carbons (Fsp3) is 0.800. The van der Waals surface area contributed by atoms with Crippen LogP contribution in [0.5, 0.6) is 0 Å². The minimum absolute atomic E-state index is 0.423. The third-order valence-corrected chi connectivity index (χ3v) is 3.12. The van der Waals surface area contributed by atoms with Crippen LogP contribution in [-0.2, 0) is 9.47 Å². The number of nitrogens with two attached hydrogens (primary N) is 2. The fourth-order valence-electron chi connectivity index (χ4n) is 2.18. The number of primary amides is 2. The van der Waals surface area contributed by atoms with E-state index in [4.69, 9.17) is 20.9 Å². The molecule has 6 heteroatoms. The molecular weight excluding hydrogens is 212 g/mol. The Morgan fingerprint density at radius 2 is 1.44 bits per heavy atom. The minimum Gasteiger partial charge on any atom is -0.406 e. The zero-order chi connectivity index (χ0) is 12.4. The number of hydrogen-bond acceptors (Lipinski definition) is 4. The van der Waals surface area contributed by atoms with Gasteiger partial charge in [0.05, 0.1) is 0 Å². The third-order valence-electron chi connectivity index (χ3n) is 3.12. The van der Waals surface area contributed by atoms with Crippen molar-refractivity contribution in [1.29, 1.82) is 0 Å². The molecule has 0 aromatic rings. The molecule has 0 radical (unpaired) electrons. The highest BCUT2D eigenvalue weighted by Crippen LogP contribution is 2.47. The van der Waals surface area contributed by atoms with Gasteiger partial charge in [-0.05, 0) is 12.8 Å². The molecule has 0 atom stereocenters. The van der Waals surface area contributed by atoms with Gasteiger partial charge in [-0.3, -0.25) is 0 Å². The summed E-state index contributed by atoms with van der Waals surface area (Å²) >= 11 is 0. The van der Waals surface area contributed by atoms with E-state index in [1.165, 1.54) is 0 Å². The number of ether oxygens (including phenoxy) is 2. The van der Waals surface area contributed by atoms with Crippen molar-refractivity contribution in [2.24, 2.45) is 16.9 Å². The molecule has 0 bridgehead atoms. The predicted octanol–water partition coefficient (Wildman–Crippen LogP) is 1.47. The first-order valence-corrected chi connectivity index (χ1v) is 5.26. The standard InChI is InChI=1S/C10H18N2O4/c1-9(2)5-3-4-6-10(9,15-7(11)13)16-8(12)14/h3-6H2,1-2H3,(H2,11,13)(H2,12,14). The summed E-state index contributed by atoms with van der Waals surface area (Å²) in [5.74, 6) is -1.33. The maximum Gasteiger partial charge on any atom is 0.407 e. The quantitative estimate of drug-likeness (QED) is 0.701. The summed E-state index contributed by atoms with van der Waals surface area (Å²) in [6.45, 7) is 3.72. The average molecular weight is 230 g/mol. The average Bonchev–Trinajstić information content (AvgIpc) is 2.08. The van der Waals surface area contributed by atoms with E-state index in [0.717, 1.165) is 19.3 Å². The maximum atomic E-state index is 10.9. The number of carbonyl (C=O) groups excluding carboxylic acids is 2. The molecule has 1 aliphatic rings. The smallest absolute Gasteiger partial charge is 0.406 e. The molecule has 1 saturated carbocycles. The van der Waals surface area contributed by atoms with Crippen LogP contribution < -0.4 is 11.5 Å². The monoisotopic (exact) mass is 230 g/mol. The molecule has 1 fully saturated rings. The number of amides is 2. The molecule has 0 saturated heterocycles. The van der Waals surface area contributed by atoms with Gasteiger partial charge in [0.2, 0.25) is 0 Å². The van der Waals surface area contributed by atoms with E-state index >= 15 is 0 Å². The molecule has 4 N–H and O–H groups in total. The Hall–Kier alpha value is -1.46. The lowest BCUT2D eigenvalue weighted by atomic mass is 9.72. The van der Waals surface area contributed by atoms with E-state index in [0.29, 0.717) is 6.42 Å². The first kappa shape index (κ1) is 12.6. The van der Waals surface area contributed by atoms with Gasteiger partial charge in [-0.2, -0.15) is 0 Å². The summed E-state index contributed by atoms with van der Waals surface area (Å²) in [4.78, 5) is 21.8. The summed E-state index contributed by atoms with van der Waals surface area (Å²) in [5.41, 5.74) is 9.53. The summed E-state index contributed by atoms with van der Waals surface area (Å²) in [6, 6.07) is 0. The van der Waals surface area contributed by atoms with E-state index in [1.807, 2.05) is 13.8 Å². The molecule has 2 amide bonds. The van der Waals surface area contributed by atoms with Gasteiger partial charge in [0.25, 0.3) is 5.79 Å². The molecule has 16 heavy (non-hydrogen) atoms. The van der Waals surface area contributed by atoms with E-state index in [9.17, 15) is 9.59 Å². The maximum absolute atomic E-state index is 10.9. The second kappa shape index (κ2) is 4.19. The van der Waals surface area contributed by atoms with Crippen LogP contribution in [0.15, 0.2) is 0 Å². The van der Waals surface area contributed by atoms with E-state index in [-0.39, 0.29) is 0 Å². The van der Waals surface area contributed by atoms with Crippen LogP contribution in [0.2, 0.25) is 0 Å². The van der Waals surface area contributed by atoms with E-state index in [1.54, 1.807) is 0 Å². The largest absolute Gasteiger partial charge is 0.407 e. The highest BCUT2D eigenvalue weighted by Gasteiger charge is 2.53.